The number of nitriles is 1. The summed E-state index contributed by atoms with van der Waals surface area (Å²) in [7, 11) is 0. The van der Waals surface area contributed by atoms with Gasteiger partial charge in [0, 0.05) is 5.39 Å². The Bertz CT molecular complexity index is 718. The van der Waals surface area contributed by atoms with Gasteiger partial charge < -0.3 is 0 Å². The van der Waals surface area contributed by atoms with Gasteiger partial charge in [0.1, 0.15) is 11.9 Å². The predicted octanol–water partition coefficient (Wildman–Crippen LogP) is 5.31. The number of fused-ring (bicyclic) bond motifs is 1. The summed E-state index contributed by atoms with van der Waals surface area (Å²) in [5, 5.41) is 10.3. The Morgan fingerprint density at radius 3 is 2.57 bits per heavy atom. The molecule has 1 fully saturated rings. The maximum atomic E-state index is 14.1. The van der Waals surface area contributed by atoms with Crippen molar-refractivity contribution >= 4 is 10.8 Å². The van der Waals surface area contributed by atoms with Crippen LogP contribution >= 0.6 is 0 Å². The van der Waals surface area contributed by atoms with Gasteiger partial charge in [0.25, 0.3) is 0 Å². The summed E-state index contributed by atoms with van der Waals surface area (Å²) in [4.78, 5) is 0. The average Bonchev–Trinajstić information content (AvgIpc) is 2.55. The number of hydrogen-bond donors (Lipinski definition) is 0. The van der Waals surface area contributed by atoms with Crippen molar-refractivity contribution < 1.29 is 4.39 Å². The van der Waals surface area contributed by atoms with E-state index in [2.05, 4.69) is 18.7 Å². The molecule has 2 heteroatoms. The summed E-state index contributed by atoms with van der Waals surface area (Å²) in [6.45, 7) is 3.88. The highest BCUT2D eigenvalue weighted by atomic mass is 19.1. The van der Waals surface area contributed by atoms with Gasteiger partial charge in [-0.05, 0) is 54.5 Å². The molecular formula is C19H18FN. The highest BCUT2D eigenvalue weighted by molar-refractivity contribution is 5.85. The second kappa shape index (κ2) is 5.69. The Morgan fingerprint density at radius 1 is 1.14 bits per heavy atom. The molecule has 0 radical (unpaired) electrons. The van der Waals surface area contributed by atoms with Gasteiger partial charge in [-0.25, -0.2) is 4.39 Å². The third-order valence-corrected chi connectivity index (χ3v) is 4.68. The summed E-state index contributed by atoms with van der Waals surface area (Å²) < 4.78 is 14.1. The van der Waals surface area contributed by atoms with E-state index in [1.165, 1.54) is 31.2 Å². The third kappa shape index (κ3) is 2.56. The molecule has 0 aliphatic heterocycles. The van der Waals surface area contributed by atoms with Crippen LogP contribution in [0.4, 0.5) is 4.39 Å². The van der Waals surface area contributed by atoms with Crippen LogP contribution in [0, 0.1) is 23.1 Å². The predicted molar refractivity (Wildman–Crippen MR) is 83.5 cm³/mol. The fourth-order valence-corrected chi connectivity index (χ4v) is 3.34. The van der Waals surface area contributed by atoms with E-state index in [4.69, 9.17) is 5.26 Å². The zero-order chi connectivity index (χ0) is 14.8. The molecule has 0 unspecified atom stereocenters. The summed E-state index contributed by atoms with van der Waals surface area (Å²) in [6, 6.07) is 11.2. The van der Waals surface area contributed by atoms with Crippen molar-refractivity contribution in [1.82, 2.24) is 0 Å². The fourth-order valence-electron chi connectivity index (χ4n) is 3.34. The van der Waals surface area contributed by atoms with E-state index in [1.54, 1.807) is 6.07 Å². The van der Waals surface area contributed by atoms with Gasteiger partial charge in [0.05, 0.1) is 5.56 Å². The Kier molecular flexibility index (Phi) is 3.75. The van der Waals surface area contributed by atoms with Gasteiger partial charge in [-0.2, -0.15) is 5.26 Å². The first-order chi connectivity index (χ1) is 10.2. The Hall–Kier alpha value is -2.14. The normalized spacial score (nSPS) is 21.9. The van der Waals surface area contributed by atoms with Crippen molar-refractivity contribution in [2.75, 3.05) is 0 Å². The van der Waals surface area contributed by atoms with Crippen LogP contribution in [0.3, 0.4) is 0 Å². The molecule has 0 spiro atoms. The van der Waals surface area contributed by atoms with Crippen LogP contribution in [-0.4, -0.2) is 0 Å². The maximum absolute atomic E-state index is 14.1. The third-order valence-electron chi connectivity index (χ3n) is 4.68. The lowest BCUT2D eigenvalue weighted by Gasteiger charge is -2.27. The van der Waals surface area contributed by atoms with Crippen LogP contribution in [0.1, 0.15) is 42.7 Å². The fraction of sp³-hybridized carbons (Fsp3) is 0.316. The molecule has 3 rings (SSSR count). The lowest BCUT2D eigenvalue weighted by Crippen LogP contribution is -2.11. The number of hydrogen-bond acceptors (Lipinski definition) is 1. The molecule has 1 aliphatic carbocycles. The van der Waals surface area contributed by atoms with Gasteiger partial charge >= 0.3 is 0 Å². The number of rotatable bonds is 2. The molecule has 2 aromatic rings. The first-order valence-electron chi connectivity index (χ1n) is 7.47. The van der Waals surface area contributed by atoms with Crippen LogP contribution in [0.5, 0.6) is 0 Å². The highest BCUT2D eigenvalue weighted by Gasteiger charge is 2.21. The lowest BCUT2D eigenvalue weighted by atomic mass is 9.78. The molecule has 2 aromatic carbocycles. The Labute approximate surface area is 124 Å². The highest BCUT2D eigenvalue weighted by Crippen LogP contribution is 2.37. The van der Waals surface area contributed by atoms with Crippen molar-refractivity contribution in [3.05, 3.63) is 59.9 Å². The molecule has 0 atom stereocenters. The van der Waals surface area contributed by atoms with Gasteiger partial charge in [0.15, 0.2) is 0 Å². The number of nitrogens with zero attached hydrogens (tertiary/aromatic N) is 1. The molecule has 106 valence electrons. The Balaban J connectivity index is 1.92. The molecule has 0 N–H and O–H groups in total. The first-order valence-corrected chi connectivity index (χ1v) is 7.47. The first kappa shape index (κ1) is 13.8. The van der Waals surface area contributed by atoms with Crippen LogP contribution < -0.4 is 0 Å². The van der Waals surface area contributed by atoms with Gasteiger partial charge in [-0.3, -0.25) is 0 Å². The van der Waals surface area contributed by atoms with Crippen molar-refractivity contribution in [3.63, 3.8) is 0 Å². The number of allylic oxidation sites excluding steroid dienone is 1. The zero-order valence-corrected chi connectivity index (χ0v) is 12.0. The molecule has 1 saturated carbocycles. The van der Waals surface area contributed by atoms with Gasteiger partial charge in [-0.1, -0.05) is 30.3 Å². The number of benzene rings is 2. The smallest absolute Gasteiger partial charge is 0.148 e. The van der Waals surface area contributed by atoms with Crippen LogP contribution in [0.15, 0.2) is 43.0 Å². The van der Waals surface area contributed by atoms with Crippen molar-refractivity contribution in [3.8, 4) is 6.07 Å². The van der Waals surface area contributed by atoms with Gasteiger partial charge in [-0.15, -0.1) is 6.58 Å². The molecular weight excluding hydrogens is 261 g/mol. The molecule has 1 nitrogen and oxygen atoms in total. The van der Waals surface area contributed by atoms with Crippen LogP contribution in [0.2, 0.25) is 0 Å². The topological polar surface area (TPSA) is 23.8 Å². The second-order valence-electron chi connectivity index (χ2n) is 5.87. The van der Waals surface area contributed by atoms with E-state index in [9.17, 15) is 4.39 Å². The monoisotopic (exact) mass is 279 g/mol. The largest absolute Gasteiger partial charge is 0.205 e. The molecule has 0 saturated heterocycles. The summed E-state index contributed by atoms with van der Waals surface area (Å²) in [5.41, 5.74) is 1.40. The van der Waals surface area contributed by atoms with E-state index in [0.717, 1.165) is 5.39 Å². The molecule has 0 amide bonds. The lowest BCUT2D eigenvalue weighted by molar-refractivity contribution is 0.376. The second-order valence-corrected chi connectivity index (χ2v) is 5.87. The number of halogens is 1. The zero-order valence-electron chi connectivity index (χ0n) is 12.0. The van der Waals surface area contributed by atoms with Gasteiger partial charge in [0.2, 0.25) is 0 Å². The minimum Gasteiger partial charge on any atom is -0.205 e. The maximum Gasteiger partial charge on any atom is 0.148 e. The standard InChI is InChI=1S/C19H18FN/c1-2-13-3-5-14(6-4-13)15-9-10-18-16(11-15)7-8-17(12-21)19(18)20/h2,7-11,13-14H,1,3-6H2. The van der Waals surface area contributed by atoms with E-state index in [-0.39, 0.29) is 5.56 Å². The molecule has 0 bridgehead atoms. The SMILES string of the molecule is C=CC1CCC(c2ccc3c(F)c(C#N)ccc3c2)CC1. The van der Waals surface area contributed by atoms with E-state index in [0.29, 0.717) is 17.2 Å². The quantitative estimate of drug-likeness (QED) is 0.683. The van der Waals surface area contributed by atoms with Crippen LogP contribution in [0.25, 0.3) is 10.8 Å². The summed E-state index contributed by atoms with van der Waals surface area (Å²) >= 11 is 0. The summed E-state index contributed by atoms with van der Waals surface area (Å²) in [6.07, 6.45) is 6.78. The Morgan fingerprint density at radius 2 is 1.90 bits per heavy atom. The van der Waals surface area contributed by atoms with Crippen LogP contribution in [-0.2, 0) is 0 Å². The van der Waals surface area contributed by atoms with E-state index in [1.807, 2.05) is 24.3 Å². The van der Waals surface area contributed by atoms with Crippen molar-refractivity contribution in [2.45, 2.75) is 31.6 Å². The average molecular weight is 279 g/mol. The summed E-state index contributed by atoms with van der Waals surface area (Å²) in [5.74, 6) is 0.804. The molecule has 0 aromatic heterocycles. The molecule has 1 aliphatic rings. The minimum absolute atomic E-state index is 0.113. The van der Waals surface area contributed by atoms with E-state index >= 15 is 0 Å². The van der Waals surface area contributed by atoms with Crippen molar-refractivity contribution in [2.24, 2.45) is 5.92 Å². The van der Waals surface area contributed by atoms with Crippen molar-refractivity contribution in [1.29, 1.82) is 5.26 Å². The molecule has 0 heterocycles. The minimum atomic E-state index is -0.406. The molecule has 21 heavy (non-hydrogen) atoms. The van der Waals surface area contributed by atoms with E-state index < -0.39 is 5.82 Å².